The first-order valence-electron chi connectivity index (χ1n) is 9.73. The normalized spacial score (nSPS) is 15.4. The van der Waals surface area contributed by atoms with Crippen molar-refractivity contribution in [2.75, 3.05) is 12.4 Å². The third-order valence-corrected chi connectivity index (χ3v) is 6.71. The van der Waals surface area contributed by atoms with Crippen molar-refractivity contribution in [3.05, 3.63) is 87.3 Å². The Morgan fingerprint density at radius 1 is 1.07 bits per heavy atom. The Balaban J connectivity index is 1.67. The molecule has 4 rings (SSSR count). The summed E-state index contributed by atoms with van der Waals surface area (Å²) in [6.45, 7) is 1.90. The van der Waals surface area contributed by atoms with Gasteiger partial charge < -0.3 is 10.1 Å². The number of hydrogen-bond donors (Lipinski definition) is 1. The molecular weight excluding hydrogens is 382 g/mol. The van der Waals surface area contributed by atoms with Crippen molar-refractivity contribution in [1.29, 1.82) is 0 Å². The van der Waals surface area contributed by atoms with Gasteiger partial charge in [-0.3, -0.25) is 4.79 Å². The number of aryl methyl sites for hydroxylation is 1. The van der Waals surface area contributed by atoms with Crippen LogP contribution in [0.2, 0.25) is 0 Å². The number of esters is 1. The van der Waals surface area contributed by atoms with E-state index in [1.807, 2.05) is 31.2 Å². The summed E-state index contributed by atoms with van der Waals surface area (Å²) in [5.41, 5.74) is 4.36. The fourth-order valence-corrected chi connectivity index (χ4v) is 5.31. The van der Waals surface area contributed by atoms with Gasteiger partial charge in [0.2, 0.25) is 0 Å². The number of nitrogens with one attached hydrogen (secondary N) is 1. The molecule has 2 aromatic carbocycles. The van der Waals surface area contributed by atoms with E-state index in [1.54, 1.807) is 6.07 Å². The molecule has 1 heterocycles. The zero-order valence-electron chi connectivity index (χ0n) is 16.5. The van der Waals surface area contributed by atoms with Gasteiger partial charge in [0.15, 0.2) is 0 Å². The molecule has 3 aromatic rings. The number of amides is 1. The molecular formula is C24H23NO3S. The standard InChI is InChI=1S/C24H23NO3S/c1-15-8-6-7-11-18(15)22(26)25-23-21(24(27)28-2)19-13-12-17(14-20(19)29-23)16-9-4-3-5-10-16/h3-11,17H,12-14H2,1-2H3,(H,25,26). The predicted octanol–water partition coefficient (Wildman–Crippen LogP) is 5.37. The smallest absolute Gasteiger partial charge is 0.341 e. The molecule has 0 bridgehead atoms. The Morgan fingerprint density at radius 3 is 2.52 bits per heavy atom. The van der Waals surface area contributed by atoms with Gasteiger partial charge >= 0.3 is 5.97 Å². The number of benzene rings is 2. The average molecular weight is 406 g/mol. The number of carbonyl (C=O) groups is 2. The van der Waals surface area contributed by atoms with Gasteiger partial charge in [-0.25, -0.2) is 4.79 Å². The molecule has 1 aliphatic rings. The van der Waals surface area contributed by atoms with Crippen LogP contribution < -0.4 is 5.32 Å². The Kier molecular flexibility index (Phi) is 5.49. The summed E-state index contributed by atoms with van der Waals surface area (Å²) >= 11 is 1.50. The highest BCUT2D eigenvalue weighted by atomic mass is 32.1. The zero-order chi connectivity index (χ0) is 20.4. The summed E-state index contributed by atoms with van der Waals surface area (Å²) in [5, 5.41) is 3.56. The number of ether oxygens (including phenoxy) is 1. The molecule has 0 saturated heterocycles. The molecule has 0 fully saturated rings. The van der Waals surface area contributed by atoms with Gasteiger partial charge in [-0.1, -0.05) is 48.5 Å². The van der Waals surface area contributed by atoms with Crippen molar-refractivity contribution in [1.82, 2.24) is 0 Å². The lowest BCUT2D eigenvalue weighted by Crippen LogP contribution is -2.16. The maximum absolute atomic E-state index is 12.8. The average Bonchev–Trinajstić information content (AvgIpc) is 3.11. The Bertz CT molecular complexity index is 1060. The SMILES string of the molecule is COC(=O)c1c(NC(=O)c2ccccc2C)sc2c1CCC(c1ccccc1)C2. The second-order valence-corrected chi connectivity index (χ2v) is 8.42. The van der Waals surface area contributed by atoms with Crippen molar-refractivity contribution >= 4 is 28.2 Å². The van der Waals surface area contributed by atoms with Crippen LogP contribution in [0.25, 0.3) is 0 Å². The topological polar surface area (TPSA) is 55.4 Å². The van der Waals surface area contributed by atoms with Crippen LogP contribution in [0.1, 0.15) is 54.6 Å². The molecule has 1 unspecified atom stereocenters. The summed E-state index contributed by atoms with van der Waals surface area (Å²) in [4.78, 5) is 26.5. The number of carbonyl (C=O) groups excluding carboxylic acids is 2. The quantitative estimate of drug-likeness (QED) is 0.594. The number of rotatable bonds is 4. The van der Waals surface area contributed by atoms with E-state index in [0.717, 1.165) is 35.3 Å². The van der Waals surface area contributed by atoms with E-state index in [4.69, 9.17) is 4.74 Å². The van der Waals surface area contributed by atoms with Crippen LogP contribution in [0.15, 0.2) is 54.6 Å². The van der Waals surface area contributed by atoms with E-state index in [-0.39, 0.29) is 11.9 Å². The van der Waals surface area contributed by atoms with Crippen LogP contribution in [-0.4, -0.2) is 19.0 Å². The van der Waals surface area contributed by atoms with Crippen LogP contribution >= 0.6 is 11.3 Å². The van der Waals surface area contributed by atoms with Gasteiger partial charge in [-0.15, -0.1) is 11.3 Å². The lowest BCUT2D eigenvalue weighted by atomic mass is 9.83. The van der Waals surface area contributed by atoms with Gasteiger partial charge in [0, 0.05) is 10.4 Å². The highest BCUT2D eigenvalue weighted by molar-refractivity contribution is 7.17. The number of anilines is 1. The van der Waals surface area contributed by atoms with Crippen LogP contribution in [0.5, 0.6) is 0 Å². The van der Waals surface area contributed by atoms with E-state index >= 15 is 0 Å². The summed E-state index contributed by atoms with van der Waals surface area (Å²) in [7, 11) is 1.38. The highest BCUT2D eigenvalue weighted by Gasteiger charge is 2.30. The van der Waals surface area contributed by atoms with E-state index < -0.39 is 0 Å². The molecule has 1 amide bonds. The Morgan fingerprint density at radius 2 is 1.79 bits per heavy atom. The van der Waals surface area contributed by atoms with Gasteiger partial charge in [-0.2, -0.15) is 0 Å². The second-order valence-electron chi connectivity index (χ2n) is 7.32. The van der Waals surface area contributed by atoms with Crippen molar-refractivity contribution < 1.29 is 14.3 Å². The summed E-state index contributed by atoms with van der Waals surface area (Å²) in [6, 6.07) is 17.9. The molecule has 1 aromatic heterocycles. The van der Waals surface area contributed by atoms with Crippen LogP contribution in [0.4, 0.5) is 5.00 Å². The van der Waals surface area contributed by atoms with E-state index in [0.29, 0.717) is 22.0 Å². The Labute approximate surface area is 174 Å². The van der Waals surface area contributed by atoms with Gasteiger partial charge in [0.05, 0.1) is 12.7 Å². The molecule has 5 heteroatoms. The van der Waals surface area contributed by atoms with Crippen LogP contribution in [0, 0.1) is 6.92 Å². The predicted molar refractivity (Wildman–Crippen MR) is 116 cm³/mol. The van der Waals surface area contributed by atoms with Crippen molar-refractivity contribution in [2.45, 2.75) is 32.1 Å². The molecule has 148 valence electrons. The van der Waals surface area contributed by atoms with Gasteiger partial charge in [0.25, 0.3) is 5.91 Å². The largest absolute Gasteiger partial charge is 0.465 e. The summed E-state index contributed by atoms with van der Waals surface area (Å²) < 4.78 is 5.04. The van der Waals surface area contributed by atoms with E-state index in [9.17, 15) is 9.59 Å². The third-order valence-electron chi connectivity index (χ3n) is 5.54. The maximum atomic E-state index is 12.8. The van der Waals surface area contributed by atoms with E-state index in [1.165, 1.54) is 24.0 Å². The van der Waals surface area contributed by atoms with Crippen LogP contribution in [-0.2, 0) is 17.6 Å². The highest BCUT2D eigenvalue weighted by Crippen LogP contribution is 2.42. The van der Waals surface area contributed by atoms with Crippen molar-refractivity contribution in [3.8, 4) is 0 Å². The molecule has 4 nitrogen and oxygen atoms in total. The van der Waals surface area contributed by atoms with Gasteiger partial charge in [-0.05, 0) is 54.9 Å². The second kappa shape index (κ2) is 8.21. The molecule has 0 aliphatic heterocycles. The first-order chi connectivity index (χ1) is 14.1. The number of methoxy groups -OCH3 is 1. The molecule has 0 radical (unpaired) electrons. The molecule has 0 spiro atoms. The van der Waals surface area contributed by atoms with Gasteiger partial charge in [0.1, 0.15) is 5.00 Å². The lowest BCUT2D eigenvalue weighted by molar-refractivity contribution is 0.0601. The monoisotopic (exact) mass is 405 g/mol. The summed E-state index contributed by atoms with van der Waals surface area (Å²) in [5.74, 6) is -0.167. The fourth-order valence-electron chi connectivity index (χ4n) is 4.00. The minimum atomic E-state index is -0.388. The first-order valence-corrected chi connectivity index (χ1v) is 10.5. The zero-order valence-corrected chi connectivity index (χ0v) is 17.3. The minimum absolute atomic E-state index is 0.202. The molecule has 1 aliphatic carbocycles. The number of hydrogen-bond acceptors (Lipinski definition) is 4. The minimum Gasteiger partial charge on any atom is -0.465 e. The third kappa shape index (κ3) is 3.83. The molecule has 0 saturated carbocycles. The first kappa shape index (κ1) is 19.4. The Hall–Kier alpha value is -2.92. The maximum Gasteiger partial charge on any atom is 0.341 e. The van der Waals surface area contributed by atoms with Crippen LogP contribution in [0.3, 0.4) is 0 Å². The number of thiophene rings is 1. The molecule has 1 N–H and O–H groups in total. The van der Waals surface area contributed by atoms with Crippen molar-refractivity contribution in [3.63, 3.8) is 0 Å². The molecule has 1 atom stereocenters. The summed E-state index contributed by atoms with van der Waals surface area (Å²) in [6.07, 6.45) is 2.65. The number of fused-ring (bicyclic) bond motifs is 1. The van der Waals surface area contributed by atoms with Crippen molar-refractivity contribution in [2.24, 2.45) is 0 Å². The lowest BCUT2D eigenvalue weighted by Gasteiger charge is -2.22. The fraction of sp³-hybridized carbons (Fsp3) is 0.250. The molecule has 29 heavy (non-hydrogen) atoms. The van der Waals surface area contributed by atoms with E-state index in [2.05, 4.69) is 29.6 Å².